The number of hydrogen-bond donors (Lipinski definition) is 0. The van der Waals surface area contributed by atoms with Crippen LogP contribution in [0.5, 0.6) is 5.75 Å². The van der Waals surface area contributed by atoms with Gasteiger partial charge >= 0.3 is 18.3 Å². The zero-order valence-corrected chi connectivity index (χ0v) is 12.2. The number of carbonyl (C=O) groups is 2. The molecule has 0 radical (unpaired) electrons. The number of cyclic esters (lactones) is 2. The van der Waals surface area contributed by atoms with Crippen molar-refractivity contribution in [2.75, 3.05) is 0 Å². The summed E-state index contributed by atoms with van der Waals surface area (Å²) in [5.74, 6) is -8.52. The van der Waals surface area contributed by atoms with Crippen molar-refractivity contribution < 1.29 is 45.8 Å². The maximum Gasteiger partial charge on any atom is 0.573 e. The summed E-state index contributed by atoms with van der Waals surface area (Å²) < 4.78 is 77.1. The fourth-order valence-electron chi connectivity index (χ4n) is 1.82. The van der Waals surface area contributed by atoms with Crippen LogP contribution in [0.2, 0.25) is 0 Å². The molecule has 1 saturated heterocycles. The molecule has 0 atom stereocenters. The van der Waals surface area contributed by atoms with E-state index in [1.807, 2.05) is 0 Å². The molecule has 0 aromatic heterocycles. The standard InChI is InChI=1S/C14H9F5O5/c1-13(2)23-11(20)7(12(21)24-13)5-6-9(22-14(17,18)19)4-3-8(15)10(6)16/h3-5H,1-2H3. The van der Waals surface area contributed by atoms with Crippen LogP contribution in [-0.4, -0.2) is 24.1 Å². The predicted molar refractivity (Wildman–Crippen MR) is 67.3 cm³/mol. The number of alkyl halides is 3. The highest BCUT2D eigenvalue weighted by atomic mass is 19.4. The molecule has 1 aliphatic heterocycles. The van der Waals surface area contributed by atoms with Gasteiger partial charge in [0.1, 0.15) is 11.3 Å². The Morgan fingerprint density at radius 3 is 2.12 bits per heavy atom. The summed E-state index contributed by atoms with van der Waals surface area (Å²) in [7, 11) is 0. The van der Waals surface area contributed by atoms with Gasteiger partial charge in [0.05, 0.1) is 5.56 Å². The summed E-state index contributed by atoms with van der Waals surface area (Å²) in [5.41, 5.74) is -2.00. The number of carbonyl (C=O) groups excluding carboxylic acids is 2. The Labute approximate surface area is 131 Å². The van der Waals surface area contributed by atoms with Gasteiger partial charge in [-0.1, -0.05) is 0 Å². The van der Waals surface area contributed by atoms with Crippen LogP contribution in [0.3, 0.4) is 0 Å². The molecule has 24 heavy (non-hydrogen) atoms. The predicted octanol–water partition coefficient (Wildman–Crippen LogP) is 3.08. The van der Waals surface area contributed by atoms with Crippen LogP contribution in [0.4, 0.5) is 22.0 Å². The van der Waals surface area contributed by atoms with Gasteiger partial charge in [0.25, 0.3) is 5.79 Å². The highest BCUT2D eigenvalue weighted by Gasteiger charge is 2.40. The van der Waals surface area contributed by atoms with Crippen molar-refractivity contribution in [3.8, 4) is 5.75 Å². The lowest BCUT2D eigenvalue weighted by Crippen LogP contribution is -2.41. The van der Waals surface area contributed by atoms with Crippen molar-refractivity contribution in [1.29, 1.82) is 0 Å². The average Bonchev–Trinajstić information content (AvgIpc) is 2.38. The normalized spacial score (nSPS) is 17.2. The second kappa shape index (κ2) is 5.77. The topological polar surface area (TPSA) is 61.8 Å². The van der Waals surface area contributed by atoms with E-state index in [0.29, 0.717) is 18.2 Å². The van der Waals surface area contributed by atoms with E-state index in [2.05, 4.69) is 4.74 Å². The van der Waals surface area contributed by atoms with Crippen LogP contribution in [0.25, 0.3) is 6.08 Å². The summed E-state index contributed by atoms with van der Waals surface area (Å²) in [5, 5.41) is 0. The largest absolute Gasteiger partial charge is 0.573 e. The van der Waals surface area contributed by atoms with Crippen LogP contribution in [0, 0.1) is 11.6 Å². The number of esters is 2. The molecule has 1 aromatic rings. The minimum Gasteiger partial charge on any atom is -0.419 e. The highest BCUT2D eigenvalue weighted by Crippen LogP contribution is 2.32. The fraction of sp³-hybridized carbons (Fsp3) is 0.286. The lowest BCUT2D eigenvalue weighted by atomic mass is 10.1. The Kier molecular flexibility index (Phi) is 4.25. The molecule has 0 N–H and O–H groups in total. The van der Waals surface area contributed by atoms with E-state index in [9.17, 15) is 31.5 Å². The summed E-state index contributed by atoms with van der Waals surface area (Å²) in [6, 6.07) is 0.904. The van der Waals surface area contributed by atoms with Gasteiger partial charge in [-0.05, 0) is 18.2 Å². The van der Waals surface area contributed by atoms with Gasteiger partial charge in [0, 0.05) is 13.8 Å². The van der Waals surface area contributed by atoms with Crippen LogP contribution >= 0.6 is 0 Å². The zero-order chi connectivity index (χ0) is 18.3. The van der Waals surface area contributed by atoms with Crippen molar-refractivity contribution in [3.63, 3.8) is 0 Å². The molecule has 0 saturated carbocycles. The third kappa shape index (κ3) is 3.81. The van der Waals surface area contributed by atoms with Gasteiger partial charge in [0.15, 0.2) is 11.6 Å². The molecule has 0 spiro atoms. The smallest absolute Gasteiger partial charge is 0.419 e. The SMILES string of the molecule is CC1(C)OC(=O)C(=Cc2c(OC(F)(F)F)ccc(F)c2F)C(=O)O1. The number of halogens is 5. The molecule has 130 valence electrons. The van der Waals surface area contributed by atoms with Gasteiger partial charge in [-0.25, -0.2) is 18.4 Å². The molecule has 0 amide bonds. The number of hydrogen-bond acceptors (Lipinski definition) is 5. The molecular weight excluding hydrogens is 343 g/mol. The fourth-order valence-corrected chi connectivity index (χ4v) is 1.82. The minimum atomic E-state index is -5.20. The first-order valence-corrected chi connectivity index (χ1v) is 6.32. The van der Waals surface area contributed by atoms with Crippen LogP contribution in [0.15, 0.2) is 17.7 Å². The van der Waals surface area contributed by atoms with E-state index in [0.717, 1.165) is 0 Å². The number of benzene rings is 1. The van der Waals surface area contributed by atoms with E-state index < -0.39 is 52.6 Å². The first-order valence-electron chi connectivity index (χ1n) is 6.32. The second-order valence-corrected chi connectivity index (χ2v) is 5.06. The molecule has 0 aliphatic carbocycles. The van der Waals surface area contributed by atoms with Gasteiger partial charge < -0.3 is 14.2 Å². The Morgan fingerprint density at radius 2 is 1.62 bits per heavy atom. The van der Waals surface area contributed by atoms with Crippen molar-refractivity contribution in [3.05, 3.63) is 34.9 Å². The molecule has 1 aliphatic rings. The minimum absolute atomic E-state index is 0.374. The third-order valence-electron chi connectivity index (χ3n) is 2.72. The first-order chi connectivity index (χ1) is 10.9. The van der Waals surface area contributed by atoms with Gasteiger partial charge in [-0.15, -0.1) is 13.2 Å². The first kappa shape index (κ1) is 17.7. The number of ether oxygens (including phenoxy) is 3. The summed E-state index contributed by atoms with van der Waals surface area (Å²) in [4.78, 5) is 23.5. The molecule has 2 rings (SSSR count). The Balaban J connectivity index is 2.53. The number of rotatable bonds is 2. The lowest BCUT2D eigenvalue weighted by molar-refractivity contribution is -0.274. The van der Waals surface area contributed by atoms with Crippen molar-refractivity contribution in [2.45, 2.75) is 26.0 Å². The van der Waals surface area contributed by atoms with Gasteiger partial charge in [-0.2, -0.15) is 0 Å². The summed E-state index contributed by atoms with van der Waals surface area (Å²) >= 11 is 0. The maximum atomic E-state index is 13.8. The molecular formula is C14H9F5O5. The van der Waals surface area contributed by atoms with Gasteiger partial charge in [0.2, 0.25) is 0 Å². The highest BCUT2D eigenvalue weighted by molar-refractivity contribution is 6.19. The quantitative estimate of drug-likeness (QED) is 0.354. The van der Waals surface area contributed by atoms with Gasteiger partial charge in [-0.3, -0.25) is 0 Å². The van der Waals surface area contributed by atoms with Crippen molar-refractivity contribution in [1.82, 2.24) is 0 Å². The van der Waals surface area contributed by atoms with E-state index in [1.54, 1.807) is 0 Å². The van der Waals surface area contributed by atoms with Crippen molar-refractivity contribution >= 4 is 18.0 Å². The summed E-state index contributed by atoms with van der Waals surface area (Å²) in [6.45, 7) is 2.47. The van der Waals surface area contributed by atoms with E-state index in [1.165, 1.54) is 13.8 Å². The maximum absolute atomic E-state index is 13.8. The molecule has 5 nitrogen and oxygen atoms in total. The average molecular weight is 352 g/mol. The Morgan fingerprint density at radius 1 is 1.08 bits per heavy atom. The van der Waals surface area contributed by atoms with E-state index in [-0.39, 0.29) is 0 Å². The Bertz CT molecular complexity index is 714. The van der Waals surface area contributed by atoms with Crippen molar-refractivity contribution in [2.24, 2.45) is 0 Å². The third-order valence-corrected chi connectivity index (χ3v) is 2.72. The lowest BCUT2D eigenvalue weighted by Gasteiger charge is -2.29. The molecule has 0 bridgehead atoms. The van der Waals surface area contributed by atoms with E-state index >= 15 is 0 Å². The van der Waals surface area contributed by atoms with Crippen LogP contribution in [0.1, 0.15) is 19.4 Å². The van der Waals surface area contributed by atoms with E-state index in [4.69, 9.17) is 9.47 Å². The summed E-state index contributed by atoms with van der Waals surface area (Å²) in [6.07, 6.45) is -4.83. The van der Waals surface area contributed by atoms with Crippen LogP contribution in [-0.2, 0) is 19.1 Å². The molecule has 1 aromatic carbocycles. The molecule has 1 heterocycles. The van der Waals surface area contributed by atoms with Crippen LogP contribution < -0.4 is 4.74 Å². The zero-order valence-electron chi connectivity index (χ0n) is 12.2. The second-order valence-electron chi connectivity index (χ2n) is 5.06. The molecule has 1 fully saturated rings. The molecule has 10 heteroatoms. The monoisotopic (exact) mass is 352 g/mol. The Hall–Kier alpha value is -2.65. The molecule has 0 unspecified atom stereocenters.